The number of rotatable bonds is 5. The predicted octanol–water partition coefficient (Wildman–Crippen LogP) is 4.93. The molecule has 1 aliphatic heterocycles. The first-order valence-electron chi connectivity index (χ1n) is 7.85. The molecule has 1 atom stereocenters. The highest BCUT2D eigenvalue weighted by Crippen LogP contribution is 2.42. The summed E-state index contributed by atoms with van der Waals surface area (Å²) < 4.78 is 5.71. The molecule has 0 saturated heterocycles. The number of benzene rings is 2. The number of hydrogen-bond donors (Lipinski definition) is 0. The molecule has 0 spiro atoms. The quantitative estimate of drug-likeness (QED) is 0.730. The summed E-state index contributed by atoms with van der Waals surface area (Å²) >= 11 is 0. The minimum Gasteiger partial charge on any atom is -0.449 e. The van der Waals surface area contributed by atoms with E-state index in [2.05, 4.69) is 19.1 Å². The first-order chi connectivity index (χ1) is 10.8. The summed E-state index contributed by atoms with van der Waals surface area (Å²) in [4.78, 5) is 12.4. The lowest BCUT2D eigenvalue weighted by Gasteiger charge is -2.15. The number of hydrogen-bond acceptors (Lipinski definition) is 2. The van der Waals surface area contributed by atoms with Gasteiger partial charge in [0, 0.05) is 11.1 Å². The fourth-order valence-electron chi connectivity index (χ4n) is 2.90. The molecule has 22 heavy (non-hydrogen) atoms. The zero-order chi connectivity index (χ0) is 15.4. The Bertz CT molecular complexity index is 671. The van der Waals surface area contributed by atoms with Crippen LogP contribution in [0.1, 0.15) is 43.4 Å². The van der Waals surface area contributed by atoms with Gasteiger partial charge in [-0.15, -0.1) is 0 Å². The summed E-state index contributed by atoms with van der Waals surface area (Å²) in [5.41, 5.74) is 3.97. The fraction of sp³-hybridized carbons (Fsp3) is 0.250. The van der Waals surface area contributed by atoms with E-state index in [0.29, 0.717) is 0 Å². The first kappa shape index (κ1) is 14.6. The highest BCUT2D eigenvalue weighted by Gasteiger charge is 2.35. The summed E-state index contributed by atoms with van der Waals surface area (Å²) in [6, 6.07) is 20.1. The Morgan fingerprint density at radius 1 is 0.955 bits per heavy atom. The first-order valence-corrected chi connectivity index (χ1v) is 7.85. The van der Waals surface area contributed by atoms with E-state index in [1.54, 1.807) is 0 Å². The summed E-state index contributed by atoms with van der Waals surface area (Å²) in [6.07, 6.45) is 2.56. The molecule has 1 unspecified atom stereocenters. The normalized spacial score (nSPS) is 17.7. The van der Waals surface area contributed by atoms with Crippen LogP contribution < -0.4 is 0 Å². The second kappa shape index (κ2) is 6.61. The van der Waals surface area contributed by atoms with Crippen molar-refractivity contribution in [3.8, 4) is 0 Å². The minimum atomic E-state index is -0.289. The lowest BCUT2D eigenvalue weighted by atomic mass is 9.91. The molecule has 0 saturated carbocycles. The fourth-order valence-corrected chi connectivity index (χ4v) is 2.90. The van der Waals surface area contributed by atoms with E-state index >= 15 is 0 Å². The van der Waals surface area contributed by atoms with Crippen LogP contribution in [0.25, 0.3) is 5.57 Å². The van der Waals surface area contributed by atoms with E-state index in [4.69, 9.17) is 4.74 Å². The molecule has 0 radical (unpaired) electrons. The third-order valence-corrected chi connectivity index (χ3v) is 4.03. The average molecular weight is 292 g/mol. The van der Waals surface area contributed by atoms with Crippen LogP contribution in [-0.2, 0) is 9.53 Å². The van der Waals surface area contributed by atoms with Crippen molar-refractivity contribution in [3.63, 3.8) is 0 Å². The van der Waals surface area contributed by atoms with Gasteiger partial charge >= 0.3 is 5.97 Å². The lowest BCUT2D eigenvalue weighted by molar-refractivity contribution is -0.139. The minimum absolute atomic E-state index is 0.166. The number of carbonyl (C=O) groups excluding carboxylic acids is 1. The molecule has 2 aromatic carbocycles. The van der Waals surface area contributed by atoms with E-state index in [-0.39, 0.29) is 12.1 Å². The van der Waals surface area contributed by atoms with Crippen LogP contribution in [0.2, 0.25) is 0 Å². The molecule has 1 heterocycles. The monoisotopic (exact) mass is 292 g/mol. The summed E-state index contributed by atoms with van der Waals surface area (Å²) in [5, 5.41) is 0. The van der Waals surface area contributed by atoms with Crippen molar-refractivity contribution in [2.24, 2.45) is 0 Å². The van der Waals surface area contributed by atoms with Crippen molar-refractivity contribution in [2.75, 3.05) is 0 Å². The van der Waals surface area contributed by atoms with E-state index in [1.807, 2.05) is 48.5 Å². The molecule has 1 aliphatic rings. The van der Waals surface area contributed by atoms with Crippen LogP contribution in [0.15, 0.2) is 66.2 Å². The van der Waals surface area contributed by atoms with Gasteiger partial charge in [-0.2, -0.15) is 0 Å². The van der Waals surface area contributed by atoms with Crippen LogP contribution in [0.3, 0.4) is 0 Å². The Balaban J connectivity index is 2.07. The zero-order valence-corrected chi connectivity index (χ0v) is 12.8. The Morgan fingerprint density at radius 3 is 2.23 bits per heavy atom. The van der Waals surface area contributed by atoms with Gasteiger partial charge in [-0.25, -0.2) is 4.79 Å². The van der Waals surface area contributed by atoms with Gasteiger partial charge in [-0.1, -0.05) is 74.0 Å². The van der Waals surface area contributed by atoms with Crippen LogP contribution in [0, 0.1) is 0 Å². The molecule has 0 amide bonds. The highest BCUT2D eigenvalue weighted by molar-refractivity contribution is 6.03. The van der Waals surface area contributed by atoms with Crippen molar-refractivity contribution >= 4 is 11.5 Å². The van der Waals surface area contributed by atoms with Crippen molar-refractivity contribution in [1.29, 1.82) is 0 Å². The molecule has 0 fully saturated rings. The number of unbranched alkanes of at least 4 members (excludes halogenated alkanes) is 1. The molecular weight excluding hydrogens is 272 g/mol. The van der Waals surface area contributed by atoms with Crippen LogP contribution in [0.4, 0.5) is 0 Å². The van der Waals surface area contributed by atoms with E-state index in [9.17, 15) is 4.79 Å². The van der Waals surface area contributed by atoms with Gasteiger partial charge < -0.3 is 4.74 Å². The maximum Gasteiger partial charge on any atom is 0.335 e. The molecule has 2 heteroatoms. The predicted molar refractivity (Wildman–Crippen MR) is 88.2 cm³/mol. The third kappa shape index (κ3) is 2.82. The lowest BCUT2D eigenvalue weighted by Crippen LogP contribution is -2.03. The molecular formula is C20H20O2. The van der Waals surface area contributed by atoms with Crippen molar-refractivity contribution in [2.45, 2.75) is 32.3 Å². The Labute approximate surface area is 131 Å². The number of carbonyl (C=O) groups is 1. The molecule has 0 aliphatic carbocycles. The zero-order valence-electron chi connectivity index (χ0n) is 12.8. The molecule has 2 aromatic rings. The maximum absolute atomic E-state index is 12.4. The average Bonchev–Trinajstić information content (AvgIpc) is 2.91. The molecule has 112 valence electrons. The van der Waals surface area contributed by atoms with Crippen molar-refractivity contribution < 1.29 is 9.53 Å². The van der Waals surface area contributed by atoms with Gasteiger partial charge in [0.15, 0.2) is 6.10 Å². The van der Waals surface area contributed by atoms with E-state index in [1.165, 1.54) is 0 Å². The Hall–Kier alpha value is -2.35. The molecule has 3 rings (SSSR count). The maximum atomic E-state index is 12.4. The largest absolute Gasteiger partial charge is 0.449 e. The van der Waals surface area contributed by atoms with Crippen LogP contribution in [-0.4, -0.2) is 5.97 Å². The van der Waals surface area contributed by atoms with Crippen molar-refractivity contribution in [1.82, 2.24) is 0 Å². The molecule has 0 bridgehead atoms. The van der Waals surface area contributed by atoms with Crippen LogP contribution >= 0.6 is 0 Å². The van der Waals surface area contributed by atoms with E-state index in [0.717, 1.165) is 41.5 Å². The summed E-state index contributed by atoms with van der Waals surface area (Å²) in [7, 11) is 0. The second-order valence-corrected chi connectivity index (χ2v) is 5.56. The van der Waals surface area contributed by atoms with Crippen molar-refractivity contribution in [3.05, 3.63) is 77.4 Å². The van der Waals surface area contributed by atoms with Gasteiger partial charge in [0.25, 0.3) is 0 Å². The second-order valence-electron chi connectivity index (χ2n) is 5.56. The summed E-state index contributed by atoms with van der Waals surface area (Å²) in [6.45, 7) is 2.14. The van der Waals surface area contributed by atoms with Crippen LogP contribution in [0.5, 0.6) is 0 Å². The molecule has 0 N–H and O–H groups in total. The number of ether oxygens (including phenoxy) is 1. The smallest absolute Gasteiger partial charge is 0.335 e. The van der Waals surface area contributed by atoms with Gasteiger partial charge in [-0.3, -0.25) is 0 Å². The van der Waals surface area contributed by atoms with Gasteiger partial charge in [0.05, 0.1) is 0 Å². The molecule has 2 nitrogen and oxygen atoms in total. The van der Waals surface area contributed by atoms with Gasteiger partial charge in [-0.05, 0) is 24.0 Å². The molecule has 0 aromatic heterocycles. The number of esters is 1. The summed E-state index contributed by atoms with van der Waals surface area (Å²) in [5.74, 6) is -0.166. The SMILES string of the molecule is CCCCC1=C(c2ccccc2)C(c2ccccc2)OC1=O. The third-order valence-electron chi connectivity index (χ3n) is 4.03. The standard InChI is InChI=1S/C20H20O2/c1-2-3-14-17-18(15-10-6-4-7-11-15)19(22-20(17)21)16-12-8-5-9-13-16/h4-13,19H,2-3,14H2,1H3. The highest BCUT2D eigenvalue weighted by atomic mass is 16.5. The van der Waals surface area contributed by atoms with Gasteiger partial charge in [0.2, 0.25) is 0 Å². The van der Waals surface area contributed by atoms with Gasteiger partial charge in [0.1, 0.15) is 0 Å². The Morgan fingerprint density at radius 2 is 1.59 bits per heavy atom. The Kier molecular flexibility index (Phi) is 4.38. The number of cyclic esters (lactones) is 1. The topological polar surface area (TPSA) is 26.3 Å². The van der Waals surface area contributed by atoms with E-state index < -0.39 is 0 Å².